The van der Waals surface area contributed by atoms with Gasteiger partial charge in [0.2, 0.25) is 0 Å². The van der Waals surface area contributed by atoms with E-state index in [1.165, 1.54) is 0 Å². The second kappa shape index (κ2) is 6.47. The summed E-state index contributed by atoms with van der Waals surface area (Å²) in [6, 6.07) is 9.33. The second-order valence-electron chi connectivity index (χ2n) is 4.43. The molecule has 5 heteroatoms. The van der Waals surface area contributed by atoms with Crippen molar-refractivity contribution in [2.45, 2.75) is 12.6 Å². The minimum Gasteiger partial charge on any atom is -0.395 e. The van der Waals surface area contributed by atoms with E-state index < -0.39 is 0 Å². The van der Waals surface area contributed by atoms with Crippen molar-refractivity contribution in [1.82, 2.24) is 10.3 Å². The van der Waals surface area contributed by atoms with Crippen molar-refractivity contribution >= 4 is 10.9 Å². The third-order valence-electron chi connectivity index (χ3n) is 3.00. The molecule has 102 valence electrons. The van der Waals surface area contributed by atoms with Gasteiger partial charge in [-0.25, -0.2) is 0 Å². The fraction of sp³-hybridized carbons (Fsp3) is 0.357. The van der Waals surface area contributed by atoms with E-state index in [1.807, 2.05) is 30.3 Å². The van der Waals surface area contributed by atoms with Crippen LogP contribution in [0.25, 0.3) is 10.9 Å². The number of para-hydroxylation sites is 1. The molecule has 0 radical (unpaired) electrons. The maximum Gasteiger partial charge on any atom is 0.252 e. The van der Waals surface area contributed by atoms with Crippen LogP contribution in [0.5, 0.6) is 0 Å². The van der Waals surface area contributed by atoms with Crippen LogP contribution in [0.2, 0.25) is 0 Å². The molecule has 2 aromatic rings. The number of hydrogen-bond acceptors (Lipinski definition) is 4. The quantitative estimate of drug-likeness (QED) is 0.713. The summed E-state index contributed by atoms with van der Waals surface area (Å²) in [7, 11) is 1.58. The summed E-state index contributed by atoms with van der Waals surface area (Å²) in [5.41, 5.74) is 1.36. The van der Waals surface area contributed by atoms with Gasteiger partial charge in [0, 0.05) is 24.7 Å². The molecule has 0 aliphatic heterocycles. The average molecular weight is 262 g/mol. The number of hydrogen-bond donors (Lipinski definition) is 3. The van der Waals surface area contributed by atoms with E-state index in [9.17, 15) is 4.79 Å². The highest BCUT2D eigenvalue weighted by molar-refractivity contribution is 5.78. The van der Waals surface area contributed by atoms with E-state index in [1.54, 1.807) is 7.11 Å². The molecule has 0 aliphatic carbocycles. The largest absolute Gasteiger partial charge is 0.395 e. The molecule has 19 heavy (non-hydrogen) atoms. The molecule has 1 atom stereocenters. The number of benzene rings is 1. The van der Waals surface area contributed by atoms with E-state index in [0.717, 1.165) is 10.9 Å². The molecule has 0 aliphatic rings. The first kappa shape index (κ1) is 13.7. The summed E-state index contributed by atoms with van der Waals surface area (Å²) in [5, 5.41) is 13.2. The van der Waals surface area contributed by atoms with Gasteiger partial charge in [-0.05, 0) is 17.5 Å². The van der Waals surface area contributed by atoms with Crippen LogP contribution in [0, 0.1) is 0 Å². The zero-order valence-electron chi connectivity index (χ0n) is 10.8. The molecule has 3 N–H and O–H groups in total. The summed E-state index contributed by atoms with van der Waals surface area (Å²) in [5.74, 6) is 0. The van der Waals surface area contributed by atoms with E-state index in [-0.39, 0.29) is 18.2 Å². The number of rotatable bonds is 6. The SMILES string of the molecule is COCC(CO)NCc1cc2ccccc2[nH]c1=O. The number of aliphatic hydroxyl groups is 1. The van der Waals surface area contributed by atoms with Gasteiger partial charge < -0.3 is 20.1 Å². The fourth-order valence-corrected chi connectivity index (χ4v) is 1.96. The normalized spacial score (nSPS) is 12.7. The van der Waals surface area contributed by atoms with Gasteiger partial charge in [-0.1, -0.05) is 18.2 Å². The summed E-state index contributed by atoms with van der Waals surface area (Å²) < 4.78 is 4.98. The molecule has 1 heterocycles. The Labute approximate surface area is 111 Å². The molecule has 5 nitrogen and oxygen atoms in total. The molecule has 0 amide bonds. The van der Waals surface area contributed by atoms with Gasteiger partial charge in [0.15, 0.2) is 0 Å². The minimum absolute atomic E-state index is 0.0284. The van der Waals surface area contributed by atoms with Gasteiger partial charge in [0.25, 0.3) is 5.56 Å². The zero-order chi connectivity index (χ0) is 13.7. The molecule has 1 unspecified atom stereocenters. The standard InChI is InChI=1S/C14H18N2O3/c1-19-9-12(8-17)15-7-11-6-10-4-2-3-5-13(10)16-14(11)18/h2-6,12,15,17H,7-9H2,1H3,(H,16,18). The molecular formula is C14H18N2O3. The molecule has 0 saturated carbocycles. The van der Waals surface area contributed by atoms with Crippen LogP contribution in [-0.4, -0.2) is 36.5 Å². The molecule has 2 rings (SSSR count). The molecule has 0 fully saturated rings. The number of H-pyrrole nitrogens is 1. The minimum atomic E-state index is -0.170. The molecule has 1 aromatic carbocycles. The van der Waals surface area contributed by atoms with Crippen molar-refractivity contribution in [2.75, 3.05) is 20.3 Å². The number of ether oxygens (including phenoxy) is 1. The Kier molecular flexibility index (Phi) is 4.68. The number of fused-ring (bicyclic) bond motifs is 1. The van der Waals surface area contributed by atoms with E-state index in [4.69, 9.17) is 9.84 Å². The Morgan fingerprint density at radius 3 is 2.95 bits per heavy atom. The Morgan fingerprint density at radius 2 is 2.21 bits per heavy atom. The Morgan fingerprint density at radius 1 is 1.42 bits per heavy atom. The smallest absolute Gasteiger partial charge is 0.252 e. The lowest BCUT2D eigenvalue weighted by Crippen LogP contribution is -2.37. The lowest BCUT2D eigenvalue weighted by molar-refractivity contribution is 0.128. The Balaban J connectivity index is 2.16. The maximum atomic E-state index is 11.9. The summed E-state index contributed by atoms with van der Waals surface area (Å²) in [6.07, 6.45) is 0. The summed E-state index contributed by atoms with van der Waals surface area (Å²) >= 11 is 0. The van der Waals surface area contributed by atoms with Crippen LogP contribution in [0.4, 0.5) is 0 Å². The predicted molar refractivity (Wildman–Crippen MR) is 74.2 cm³/mol. The Bertz CT molecular complexity index is 595. The number of methoxy groups -OCH3 is 1. The third-order valence-corrected chi connectivity index (χ3v) is 3.00. The highest BCUT2D eigenvalue weighted by Crippen LogP contribution is 2.09. The number of nitrogens with one attached hydrogen (secondary N) is 2. The first-order valence-corrected chi connectivity index (χ1v) is 6.18. The average Bonchev–Trinajstić information content (AvgIpc) is 2.43. The lowest BCUT2D eigenvalue weighted by Gasteiger charge is -2.14. The maximum absolute atomic E-state index is 11.9. The number of aliphatic hydroxyl groups excluding tert-OH is 1. The van der Waals surface area contributed by atoms with Gasteiger partial charge in [-0.2, -0.15) is 0 Å². The first-order valence-electron chi connectivity index (χ1n) is 6.18. The highest BCUT2D eigenvalue weighted by atomic mass is 16.5. The van der Waals surface area contributed by atoms with Gasteiger partial charge >= 0.3 is 0 Å². The monoisotopic (exact) mass is 262 g/mol. The van der Waals surface area contributed by atoms with E-state index >= 15 is 0 Å². The number of aromatic nitrogens is 1. The van der Waals surface area contributed by atoms with Crippen molar-refractivity contribution in [1.29, 1.82) is 0 Å². The molecule has 0 bridgehead atoms. The van der Waals surface area contributed by atoms with Crippen LogP contribution < -0.4 is 10.9 Å². The van der Waals surface area contributed by atoms with Crippen molar-refractivity contribution in [2.24, 2.45) is 0 Å². The third kappa shape index (κ3) is 3.41. The van der Waals surface area contributed by atoms with Crippen LogP contribution in [0.1, 0.15) is 5.56 Å². The van der Waals surface area contributed by atoms with Gasteiger partial charge in [0.05, 0.1) is 19.3 Å². The van der Waals surface area contributed by atoms with Gasteiger partial charge in [-0.15, -0.1) is 0 Å². The number of aromatic amines is 1. The van der Waals surface area contributed by atoms with Crippen LogP contribution >= 0.6 is 0 Å². The lowest BCUT2D eigenvalue weighted by atomic mass is 10.1. The fourth-order valence-electron chi connectivity index (χ4n) is 1.96. The topological polar surface area (TPSA) is 74.3 Å². The molecule has 1 aromatic heterocycles. The van der Waals surface area contributed by atoms with Crippen molar-refractivity contribution in [3.8, 4) is 0 Å². The van der Waals surface area contributed by atoms with Crippen molar-refractivity contribution in [3.05, 3.63) is 46.2 Å². The van der Waals surface area contributed by atoms with E-state index in [0.29, 0.717) is 18.7 Å². The van der Waals surface area contributed by atoms with Crippen molar-refractivity contribution < 1.29 is 9.84 Å². The second-order valence-corrected chi connectivity index (χ2v) is 4.43. The molecule has 0 spiro atoms. The van der Waals surface area contributed by atoms with Crippen LogP contribution in [0.15, 0.2) is 35.1 Å². The Hall–Kier alpha value is -1.69. The van der Waals surface area contributed by atoms with Crippen LogP contribution in [-0.2, 0) is 11.3 Å². The van der Waals surface area contributed by atoms with Gasteiger partial charge in [0.1, 0.15) is 0 Å². The van der Waals surface area contributed by atoms with Crippen LogP contribution in [0.3, 0.4) is 0 Å². The predicted octanol–water partition coefficient (Wildman–Crippen LogP) is 0.625. The van der Waals surface area contributed by atoms with E-state index in [2.05, 4.69) is 10.3 Å². The zero-order valence-corrected chi connectivity index (χ0v) is 10.8. The first-order chi connectivity index (χ1) is 9.24. The molecule has 0 saturated heterocycles. The summed E-state index contributed by atoms with van der Waals surface area (Å²) in [4.78, 5) is 14.7. The number of pyridine rings is 1. The molecular weight excluding hydrogens is 244 g/mol. The van der Waals surface area contributed by atoms with Crippen molar-refractivity contribution in [3.63, 3.8) is 0 Å². The highest BCUT2D eigenvalue weighted by Gasteiger charge is 2.08. The van der Waals surface area contributed by atoms with Gasteiger partial charge in [-0.3, -0.25) is 4.79 Å². The summed E-state index contributed by atoms with van der Waals surface area (Å²) in [6.45, 7) is 0.774.